The minimum absolute atomic E-state index is 0.229. The Labute approximate surface area is 93.5 Å². The van der Waals surface area contributed by atoms with Crippen molar-refractivity contribution in [2.24, 2.45) is 0 Å². The maximum atomic E-state index is 13.0. The lowest BCUT2D eigenvalue weighted by atomic mass is 10.2. The average Bonchev–Trinajstić information content (AvgIpc) is 2.72. The Hall–Kier alpha value is -1.96. The molecule has 0 saturated carbocycles. The zero-order valence-electron chi connectivity index (χ0n) is 8.55. The number of carboxylic acid groups (broad SMARTS) is 1. The van der Waals surface area contributed by atoms with E-state index in [1.807, 2.05) is 0 Å². The molecule has 0 spiro atoms. The fourth-order valence-electron chi connectivity index (χ4n) is 1.68. The minimum Gasteiger partial charge on any atom is -0.479 e. The Morgan fingerprint density at radius 3 is 2.82 bits per heavy atom. The van der Waals surface area contributed by atoms with Crippen molar-refractivity contribution in [3.05, 3.63) is 32.9 Å². The number of carbonyl (C=O) groups is 1. The molecule has 2 N–H and O–H groups in total. The number of rotatable bonds is 2. The highest BCUT2D eigenvalue weighted by atomic mass is 19.1. The molecule has 0 aromatic carbocycles. The summed E-state index contributed by atoms with van der Waals surface area (Å²) in [5, 5.41) is 8.70. The first-order chi connectivity index (χ1) is 7.99. The molecule has 1 fully saturated rings. The second-order valence-electron chi connectivity index (χ2n) is 3.64. The molecule has 0 radical (unpaired) electrons. The Kier molecular flexibility index (Phi) is 2.80. The van der Waals surface area contributed by atoms with Crippen LogP contribution in [0.5, 0.6) is 0 Å². The van der Waals surface area contributed by atoms with Crippen LogP contribution in [0.3, 0.4) is 0 Å². The van der Waals surface area contributed by atoms with Gasteiger partial charge >= 0.3 is 11.7 Å². The Morgan fingerprint density at radius 1 is 1.53 bits per heavy atom. The van der Waals surface area contributed by atoms with Gasteiger partial charge in [-0.25, -0.2) is 9.59 Å². The molecule has 8 heteroatoms. The van der Waals surface area contributed by atoms with Gasteiger partial charge in [0, 0.05) is 0 Å². The highest BCUT2D eigenvalue weighted by molar-refractivity contribution is 5.72. The number of aromatic nitrogens is 2. The van der Waals surface area contributed by atoms with Crippen LogP contribution in [0.4, 0.5) is 4.39 Å². The van der Waals surface area contributed by atoms with Gasteiger partial charge in [0.25, 0.3) is 5.56 Å². The van der Waals surface area contributed by atoms with Gasteiger partial charge in [0.15, 0.2) is 6.10 Å². The van der Waals surface area contributed by atoms with Crippen LogP contribution in [-0.2, 0) is 9.53 Å². The van der Waals surface area contributed by atoms with Gasteiger partial charge in [0.1, 0.15) is 6.23 Å². The lowest BCUT2D eigenvalue weighted by molar-refractivity contribution is -0.151. The number of H-pyrrole nitrogens is 1. The van der Waals surface area contributed by atoms with Crippen molar-refractivity contribution in [2.45, 2.75) is 25.2 Å². The molecule has 2 rings (SSSR count). The van der Waals surface area contributed by atoms with Crippen molar-refractivity contribution in [3.8, 4) is 0 Å². The molecule has 1 aliphatic rings. The van der Waals surface area contributed by atoms with E-state index in [1.165, 1.54) is 0 Å². The average molecular weight is 244 g/mol. The number of hydrogen-bond acceptors (Lipinski definition) is 4. The van der Waals surface area contributed by atoms with Gasteiger partial charge in [0.2, 0.25) is 5.82 Å². The van der Waals surface area contributed by atoms with Crippen LogP contribution in [0.2, 0.25) is 0 Å². The number of halogens is 1. The smallest absolute Gasteiger partial charge is 0.332 e. The fraction of sp³-hybridized carbons (Fsp3) is 0.444. The van der Waals surface area contributed by atoms with Crippen molar-refractivity contribution < 1.29 is 19.0 Å². The van der Waals surface area contributed by atoms with Crippen molar-refractivity contribution in [2.75, 3.05) is 0 Å². The largest absolute Gasteiger partial charge is 0.479 e. The molecule has 1 aliphatic heterocycles. The third kappa shape index (κ3) is 2.11. The van der Waals surface area contributed by atoms with Gasteiger partial charge in [-0.2, -0.15) is 4.39 Å². The number of ether oxygens (including phenoxy) is 1. The topological polar surface area (TPSA) is 101 Å². The fourth-order valence-corrected chi connectivity index (χ4v) is 1.68. The van der Waals surface area contributed by atoms with Crippen LogP contribution in [0.25, 0.3) is 0 Å². The van der Waals surface area contributed by atoms with Crippen LogP contribution in [0, 0.1) is 5.82 Å². The Bertz CT molecular complexity index is 563. The second kappa shape index (κ2) is 4.13. The second-order valence-corrected chi connectivity index (χ2v) is 3.64. The van der Waals surface area contributed by atoms with Gasteiger partial charge < -0.3 is 9.84 Å². The summed E-state index contributed by atoms with van der Waals surface area (Å²) in [5.41, 5.74) is -1.94. The lowest BCUT2D eigenvalue weighted by Crippen LogP contribution is -2.34. The summed E-state index contributed by atoms with van der Waals surface area (Å²) < 4.78 is 18.9. The van der Waals surface area contributed by atoms with Crippen LogP contribution < -0.4 is 11.2 Å². The third-order valence-electron chi connectivity index (χ3n) is 2.51. The molecule has 17 heavy (non-hydrogen) atoms. The normalized spacial score (nSPS) is 23.8. The summed E-state index contributed by atoms with van der Waals surface area (Å²) in [6, 6.07) is 0. The SMILES string of the molecule is O=C(O)C1CCC(n2cc(F)c(=O)[nH]c2=O)O1. The van der Waals surface area contributed by atoms with E-state index in [2.05, 4.69) is 0 Å². The standard InChI is InChI=1S/C9H9FN2O5/c10-4-3-12(9(16)11-7(4)13)6-2-1-5(17-6)8(14)15/h3,5-6H,1-2H2,(H,14,15)(H,11,13,16). The molecule has 1 saturated heterocycles. The first-order valence-electron chi connectivity index (χ1n) is 4.88. The number of carboxylic acids is 1. The lowest BCUT2D eigenvalue weighted by Gasteiger charge is -2.13. The predicted octanol–water partition coefficient (Wildman–Crippen LogP) is -0.562. The number of aliphatic carboxylic acids is 1. The maximum absolute atomic E-state index is 13.0. The Balaban J connectivity index is 2.31. The van der Waals surface area contributed by atoms with Gasteiger partial charge in [-0.05, 0) is 12.8 Å². The zero-order chi connectivity index (χ0) is 12.6. The summed E-state index contributed by atoms with van der Waals surface area (Å²) in [4.78, 5) is 34.6. The van der Waals surface area contributed by atoms with Gasteiger partial charge in [-0.15, -0.1) is 0 Å². The summed E-state index contributed by atoms with van der Waals surface area (Å²) in [5.74, 6) is -2.25. The summed E-state index contributed by atoms with van der Waals surface area (Å²) in [7, 11) is 0. The van der Waals surface area contributed by atoms with E-state index in [9.17, 15) is 18.8 Å². The van der Waals surface area contributed by atoms with Crippen LogP contribution in [0.1, 0.15) is 19.1 Å². The summed E-state index contributed by atoms with van der Waals surface area (Å²) >= 11 is 0. The van der Waals surface area contributed by atoms with E-state index in [0.29, 0.717) is 0 Å². The molecule has 2 atom stereocenters. The highest BCUT2D eigenvalue weighted by Gasteiger charge is 2.32. The molecule has 0 bridgehead atoms. The number of aromatic amines is 1. The van der Waals surface area contributed by atoms with Crippen molar-refractivity contribution >= 4 is 5.97 Å². The van der Waals surface area contributed by atoms with Crippen molar-refractivity contribution in [1.82, 2.24) is 9.55 Å². The monoisotopic (exact) mass is 244 g/mol. The molecule has 7 nitrogen and oxygen atoms in total. The van der Waals surface area contributed by atoms with E-state index >= 15 is 0 Å². The van der Waals surface area contributed by atoms with Crippen LogP contribution >= 0.6 is 0 Å². The first-order valence-corrected chi connectivity index (χ1v) is 4.88. The highest BCUT2D eigenvalue weighted by Crippen LogP contribution is 2.26. The molecular formula is C9H9FN2O5. The predicted molar refractivity (Wildman–Crippen MR) is 52.1 cm³/mol. The molecular weight excluding hydrogens is 235 g/mol. The minimum atomic E-state index is -1.13. The number of hydrogen-bond donors (Lipinski definition) is 2. The van der Waals surface area contributed by atoms with Crippen LogP contribution in [-0.4, -0.2) is 26.7 Å². The molecule has 1 aromatic heterocycles. The summed E-state index contributed by atoms with van der Waals surface area (Å²) in [6.45, 7) is 0. The van der Waals surface area contributed by atoms with E-state index in [1.54, 1.807) is 4.98 Å². The van der Waals surface area contributed by atoms with Gasteiger partial charge in [0.05, 0.1) is 6.20 Å². The maximum Gasteiger partial charge on any atom is 0.332 e. The van der Waals surface area contributed by atoms with E-state index in [0.717, 1.165) is 10.8 Å². The van der Waals surface area contributed by atoms with Crippen LogP contribution in [0.15, 0.2) is 15.8 Å². The molecule has 0 amide bonds. The van der Waals surface area contributed by atoms with E-state index < -0.39 is 35.4 Å². The van der Waals surface area contributed by atoms with E-state index in [4.69, 9.17) is 9.84 Å². The number of nitrogens with zero attached hydrogens (tertiary/aromatic N) is 1. The quantitative estimate of drug-likeness (QED) is 0.726. The zero-order valence-corrected chi connectivity index (χ0v) is 8.55. The molecule has 1 aromatic rings. The van der Waals surface area contributed by atoms with Gasteiger partial charge in [-0.1, -0.05) is 0 Å². The molecule has 2 unspecified atom stereocenters. The van der Waals surface area contributed by atoms with Crippen molar-refractivity contribution in [3.63, 3.8) is 0 Å². The first kappa shape index (κ1) is 11.5. The third-order valence-corrected chi connectivity index (χ3v) is 2.51. The molecule has 0 aliphatic carbocycles. The Morgan fingerprint density at radius 2 is 2.24 bits per heavy atom. The molecule has 92 valence electrons. The van der Waals surface area contributed by atoms with Gasteiger partial charge in [-0.3, -0.25) is 14.3 Å². The van der Waals surface area contributed by atoms with E-state index in [-0.39, 0.29) is 12.8 Å². The van der Waals surface area contributed by atoms with Crippen molar-refractivity contribution in [1.29, 1.82) is 0 Å². The molecule has 2 heterocycles. The number of nitrogens with one attached hydrogen (secondary N) is 1. The summed E-state index contributed by atoms with van der Waals surface area (Å²) in [6.07, 6.45) is -0.664.